The van der Waals surface area contributed by atoms with Crippen LogP contribution in [-0.2, 0) is 24.1 Å². The molecule has 2 N–H and O–H groups in total. The number of rotatable bonds is 5. The third kappa shape index (κ3) is 4.66. The van der Waals surface area contributed by atoms with Gasteiger partial charge in [0.15, 0.2) is 10.6 Å². The Morgan fingerprint density at radius 3 is 2.61 bits per heavy atom. The quantitative estimate of drug-likeness (QED) is 0.623. The molecule has 146 valence electrons. The molecule has 0 atom stereocenters. The maximum atomic E-state index is 12.8. The Bertz CT molecular complexity index is 1040. The van der Waals surface area contributed by atoms with Crippen LogP contribution in [0.5, 0.6) is 0 Å². The zero-order valence-electron chi connectivity index (χ0n) is 14.9. The zero-order chi connectivity index (χ0) is 20.3. The average Bonchev–Trinajstić information content (AvgIpc) is 3.01. The summed E-state index contributed by atoms with van der Waals surface area (Å²) in [6.45, 7) is 1.84. The Morgan fingerprint density at radius 1 is 1.21 bits per heavy atom. The van der Waals surface area contributed by atoms with E-state index in [0.717, 1.165) is 23.3 Å². The monoisotopic (exact) mass is 406 g/mol. The minimum absolute atomic E-state index is 0.0200. The highest BCUT2D eigenvalue weighted by atomic mass is 32.1. The van der Waals surface area contributed by atoms with Crippen molar-refractivity contribution in [3.8, 4) is 11.4 Å². The summed E-state index contributed by atoms with van der Waals surface area (Å²) in [5.74, 6) is 0.127. The van der Waals surface area contributed by atoms with Crippen LogP contribution in [0.15, 0.2) is 48.5 Å². The van der Waals surface area contributed by atoms with E-state index in [0.29, 0.717) is 11.4 Å². The third-order valence-corrected chi connectivity index (χ3v) is 4.43. The van der Waals surface area contributed by atoms with Gasteiger partial charge >= 0.3 is 6.18 Å². The number of benzene rings is 2. The number of alkyl halides is 3. The molecule has 0 bridgehead atoms. The molecule has 1 heterocycles. The smallest absolute Gasteiger partial charge is 0.350 e. The molecule has 0 fully saturated rings. The first kappa shape index (κ1) is 19.8. The van der Waals surface area contributed by atoms with Crippen LogP contribution >= 0.6 is 12.2 Å². The van der Waals surface area contributed by atoms with E-state index in [1.54, 1.807) is 4.57 Å². The fourth-order valence-electron chi connectivity index (χ4n) is 2.65. The Kier molecular flexibility index (Phi) is 5.64. The van der Waals surface area contributed by atoms with Gasteiger partial charge in [-0.2, -0.15) is 18.3 Å². The highest BCUT2D eigenvalue weighted by Crippen LogP contribution is 2.29. The average molecular weight is 406 g/mol. The molecule has 0 radical (unpaired) electrons. The van der Waals surface area contributed by atoms with Gasteiger partial charge in [0.1, 0.15) is 6.54 Å². The van der Waals surface area contributed by atoms with E-state index in [4.69, 9.17) is 12.2 Å². The van der Waals surface area contributed by atoms with Gasteiger partial charge < -0.3 is 5.32 Å². The number of hydrogen-bond acceptors (Lipinski definition) is 3. The summed E-state index contributed by atoms with van der Waals surface area (Å²) in [6.07, 6.45) is -4.42. The molecule has 0 spiro atoms. The highest BCUT2D eigenvalue weighted by molar-refractivity contribution is 7.71. The largest absolute Gasteiger partial charge is 0.416 e. The van der Waals surface area contributed by atoms with Gasteiger partial charge in [0.2, 0.25) is 5.91 Å². The minimum Gasteiger partial charge on any atom is -0.350 e. The number of carbonyl (C=O) groups is 1. The molecular weight excluding hydrogens is 389 g/mol. The van der Waals surface area contributed by atoms with Gasteiger partial charge in [-0.15, -0.1) is 0 Å². The molecule has 5 nitrogen and oxygen atoms in total. The lowest BCUT2D eigenvalue weighted by molar-refractivity contribution is -0.137. The molecular formula is C19H17F3N4OS. The van der Waals surface area contributed by atoms with Crippen molar-refractivity contribution in [1.29, 1.82) is 0 Å². The molecule has 9 heteroatoms. The van der Waals surface area contributed by atoms with Gasteiger partial charge in [-0.3, -0.25) is 14.5 Å². The molecule has 0 aliphatic rings. The van der Waals surface area contributed by atoms with E-state index >= 15 is 0 Å². The number of carbonyl (C=O) groups excluding carboxylic acids is 1. The van der Waals surface area contributed by atoms with Crippen molar-refractivity contribution in [3.63, 3.8) is 0 Å². The zero-order valence-corrected chi connectivity index (χ0v) is 15.7. The molecule has 2 aromatic carbocycles. The van der Waals surface area contributed by atoms with E-state index < -0.39 is 11.7 Å². The van der Waals surface area contributed by atoms with Crippen molar-refractivity contribution in [2.45, 2.75) is 26.2 Å². The number of nitrogens with one attached hydrogen (secondary N) is 2. The second-order valence-electron chi connectivity index (χ2n) is 6.28. The molecule has 0 aliphatic carbocycles. The summed E-state index contributed by atoms with van der Waals surface area (Å²) in [6, 6.07) is 12.4. The number of aromatic amines is 1. The first-order valence-corrected chi connectivity index (χ1v) is 8.80. The number of amides is 1. The molecule has 0 unspecified atom stereocenters. The number of nitrogens with zero attached hydrogens (tertiary/aromatic N) is 2. The summed E-state index contributed by atoms with van der Waals surface area (Å²) in [5.41, 5.74) is 1.49. The number of hydrogen-bond donors (Lipinski definition) is 2. The highest BCUT2D eigenvalue weighted by Gasteiger charge is 2.30. The van der Waals surface area contributed by atoms with E-state index in [1.165, 1.54) is 12.1 Å². The van der Waals surface area contributed by atoms with Crippen molar-refractivity contribution in [2.24, 2.45) is 0 Å². The predicted octanol–water partition coefficient (Wildman–Crippen LogP) is 4.25. The molecule has 28 heavy (non-hydrogen) atoms. The number of aryl methyl sites for hydroxylation is 1. The van der Waals surface area contributed by atoms with E-state index in [1.807, 2.05) is 31.2 Å². The van der Waals surface area contributed by atoms with Gasteiger partial charge in [0.25, 0.3) is 0 Å². The van der Waals surface area contributed by atoms with Crippen molar-refractivity contribution < 1.29 is 18.0 Å². The van der Waals surface area contributed by atoms with Gasteiger partial charge in [0.05, 0.1) is 5.56 Å². The summed E-state index contributed by atoms with van der Waals surface area (Å²) >= 11 is 5.19. The third-order valence-electron chi connectivity index (χ3n) is 4.11. The van der Waals surface area contributed by atoms with Crippen LogP contribution in [0.3, 0.4) is 0 Å². The molecule has 1 amide bonds. The Balaban J connectivity index is 1.70. The Morgan fingerprint density at radius 2 is 1.93 bits per heavy atom. The molecule has 0 aliphatic heterocycles. The summed E-state index contributed by atoms with van der Waals surface area (Å²) in [7, 11) is 0. The topological polar surface area (TPSA) is 62.7 Å². The van der Waals surface area contributed by atoms with E-state index in [2.05, 4.69) is 15.5 Å². The van der Waals surface area contributed by atoms with Gasteiger partial charge in [-0.05, 0) is 36.8 Å². The van der Waals surface area contributed by atoms with Gasteiger partial charge in [-0.25, -0.2) is 0 Å². The maximum Gasteiger partial charge on any atom is 0.416 e. The van der Waals surface area contributed by atoms with E-state index in [-0.39, 0.29) is 23.8 Å². The van der Waals surface area contributed by atoms with Crippen molar-refractivity contribution in [1.82, 2.24) is 20.1 Å². The fraction of sp³-hybridized carbons (Fsp3) is 0.211. The van der Waals surface area contributed by atoms with Crippen molar-refractivity contribution in [2.75, 3.05) is 0 Å². The lowest BCUT2D eigenvalue weighted by atomic mass is 10.1. The van der Waals surface area contributed by atoms with Crippen LogP contribution < -0.4 is 5.32 Å². The lowest BCUT2D eigenvalue weighted by Crippen LogP contribution is -2.27. The standard InChI is InChI=1S/C19H17F3N4OS/c1-12-5-7-14(8-6-12)17-24-25-18(28)26(17)11-16(27)23-10-13-3-2-4-15(9-13)19(20,21)22/h2-9H,10-11H2,1H3,(H,23,27)(H,25,28). The van der Waals surface area contributed by atoms with Crippen LogP contribution in [0.1, 0.15) is 16.7 Å². The second kappa shape index (κ2) is 7.97. The first-order valence-electron chi connectivity index (χ1n) is 8.39. The molecule has 3 rings (SSSR count). The summed E-state index contributed by atoms with van der Waals surface area (Å²) in [4.78, 5) is 12.3. The minimum atomic E-state index is -4.42. The van der Waals surface area contributed by atoms with E-state index in [9.17, 15) is 18.0 Å². The SMILES string of the molecule is Cc1ccc(-c2n[nH]c(=S)n2CC(=O)NCc2cccc(C(F)(F)F)c2)cc1. The molecule has 0 saturated heterocycles. The van der Waals surface area contributed by atoms with Gasteiger partial charge in [-0.1, -0.05) is 42.0 Å². The fourth-order valence-corrected chi connectivity index (χ4v) is 2.84. The van der Waals surface area contributed by atoms with Crippen LogP contribution in [-0.4, -0.2) is 20.7 Å². The summed E-state index contributed by atoms with van der Waals surface area (Å²) < 4.78 is 40.2. The normalized spacial score (nSPS) is 11.4. The van der Waals surface area contributed by atoms with Crippen LogP contribution in [0.25, 0.3) is 11.4 Å². The Labute approximate surface area is 164 Å². The van der Waals surface area contributed by atoms with Crippen LogP contribution in [0.4, 0.5) is 13.2 Å². The molecule has 3 aromatic rings. The Hall–Kier alpha value is -2.94. The second-order valence-corrected chi connectivity index (χ2v) is 6.67. The maximum absolute atomic E-state index is 12.8. The van der Waals surface area contributed by atoms with Crippen molar-refractivity contribution >= 4 is 18.1 Å². The summed E-state index contributed by atoms with van der Waals surface area (Å²) in [5, 5.41) is 9.45. The number of halogens is 3. The van der Waals surface area contributed by atoms with Crippen molar-refractivity contribution in [3.05, 3.63) is 70.0 Å². The van der Waals surface area contributed by atoms with Gasteiger partial charge in [0, 0.05) is 12.1 Å². The predicted molar refractivity (Wildman–Crippen MR) is 101 cm³/mol. The number of H-pyrrole nitrogens is 1. The molecule has 1 aromatic heterocycles. The first-order chi connectivity index (χ1) is 13.2. The molecule has 0 saturated carbocycles. The van der Waals surface area contributed by atoms with Crippen LogP contribution in [0, 0.1) is 11.7 Å². The number of aromatic nitrogens is 3. The lowest BCUT2D eigenvalue weighted by Gasteiger charge is -2.11. The van der Waals surface area contributed by atoms with Crippen LogP contribution in [0.2, 0.25) is 0 Å².